The number of rotatable bonds is 3. The Bertz CT molecular complexity index is 268. The van der Waals surface area contributed by atoms with E-state index in [9.17, 15) is 13.6 Å². The molecule has 1 fully saturated rings. The summed E-state index contributed by atoms with van der Waals surface area (Å²) in [6, 6.07) is 0. The quantitative estimate of drug-likeness (QED) is 0.780. The van der Waals surface area contributed by atoms with Gasteiger partial charge in [-0.05, 0) is 46.7 Å². The van der Waals surface area contributed by atoms with Crippen LogP contribution < -0.4 is 5.32 Å². The van der Waals surface area contributed by atoms with Crippen LogP contribution in [-0.4, -0.2) is 30.6 Å². The molecule has 0 spiro atoms. The number of nitrogens with one attached hydrogen (secondary N) is 1. The normalized spacial score (nSPS) is 19.1. The molecule has 0 bridgehead atoms. The fourth-order valence-electron chi connectivity index (χ4n) is 1.96. The van der Waals surface area contributed by atoms with Crippen molar-refractivity contribution in [1.29, 1.82) is 0 Å². The third-order valence-corrected chi connectivity index (χ3v) is 2.74. The van der Waals surface area contributed by atoms with Crippen molar-refractivity contribution in [3.8, 4) is 0 Å². The minimum atomic E-state index is -2.95. The van der Waals surface area contributed by atoms with E-state index < -0.39 is 29.8 Å². The van der Waals surface area contributed by atoms with Crippen LogP contribution in [0.5, 0.6) is 0 Å². The molecule has 0 aromatic rings. The van der Waals surface area contributed by atoms with E-state index in [4.69, 9.17) is 4.74 Å². The highest BCUT2D eigenvalue weighted by Crippen LogP contribution is 2.34. The number of piperidine rings is 1. The molecule has 1 heterocycles. The van der Waals surface area contributed by atoms with Gasteiger partial charge in [-0.25, -0.2) is 8.78 Å². The number of hydrogen-bond acceptors (Lipinski definition) is 3. The number of carbonyl (C=O) groups excluding carboxylic acids is 1. The van der Waals surface area contributed by atoms with Crippen LogP contribution in [0.1, 0.15) is 40.0 Å². The van der Waals surface area contributed by atoms with Gasteiger partial charge in [-0.3, -0.25) is 4.79 Å². The summed E-state index contributed by atoms with van der Waals surface area (Å²) in [6.45, 7) is 6.21. The Morgan fingerprint density at radius 1 is 1.29 bits per heavy atom. The molecule has 100 valence electrons. The van der Waals surface area contributed by atoms with Crippen LogP contribution in [0.3, 0.4) is 0 Å². The first kappa shape index (κ1) is 14.4. The predicted molar refractivity (Wildman–Crippen MR) is 61.0 cm³/mol. The van der Waals surface area contributed by atoms with E-state index in [2.05, 4.69) is 5.32 Å². The van der Waals surface area contributed by atoms with Crippen molar-refractivity contribution in [2.75, 3.05) is 13.1 Å². The van der Waals surface area contributed by atoms with E-state index in [1.165, 1.54) is 0 Å². The van der Waals surface area contributed by atoms with Crippen LogP contribution in [0.25, 0.3) is 0 Å². The van der Waals surface area contributed by atoms with E-state index in [-0.39, 0.29) is 0 Å². The van der Waals surface area contributed by atoms with Gasteiger partial charge in [-0.2, -0.15) is 0 Å². The number of alkyl halides is 2. The molecule has 1 rings (SSSR count). The zero-order valence-electron chi connectivity index (χ0n) is 10.7. The Labute approximate surface area is 101 Å². The van der Waals surface area contributed by atoms with Crippen LogP contribution >= 0.6 is 0 Å². The van der Waals surface area contributed by atoms with Crippen molar-refractivity contribution in [1.82, 2.24) is 5.32 Å². The first-order valence-corrected chi connectivity index (χ1v) is 6.01. The van der Waals surface area contributed by atoms with Gasteiger partial charge in [-0.15, -0.1) is 0 Å². The Hall–Kier alpha value is -0.710. The zero-order valence-corrected chi connectivity index (χ0v) is 10.7. The molecular formula is C12H21F2NO2. The first-order valence-electron chi connectivity index (χ1n) is 6.01. The summed E-state index contributed by atoms with van der Waals surface area (Å²) in [5.41, 5.74) is -0.707. The van der Waals surface area contributed by atoms with Gasteiger partial charge in [0.25, 0.3) is 5.92 Å². The Balaban J connectivity index is 2.50. The lowest BCUT2D eigenvalue weighted by Gasteiger charge is -2.30. The number of carbonyl (C=O) groups is 1. The topological polar surface area (TPSA) is 38.3 Å². The van der Waals surface area contributed by atoms with Gasteiger partial charge < -0.3 is 10.1 Å². The second-order valence-corrected chi connectivity index (χ2v) is 5.55. The molecule has 0 unspecified atom stereocenters. The molecule has 0 amide bonds. The zero-order chi connectivity index (χ0) is 13.1. The molecule has 0 saturated carbocycles. The van der Waals surface area contributed by atoms with E-state index in [0.29, 0.717) is 25.9 Å². The summed E-state index contributed by atoms with van der Waals surface area (Å²) >= 11 is 0. The molecule has 0 aromatic heterocycles. The highest BCUT2D eigenvalue weighted by atomic mass is 19.3. The molecular weight excluding hydrogens is 228 g/mol. The fourth-order valence-corrected chi connectivity index (χ4v) is 1.96. The van der Waals surface area contributed by atoms with Gasteiger partial charge in [0.1, 0.15) is 12.0 Å². The van der Waals surface area contributed by atoms with Crippen LogP contribution in [0.4, 0.5) is 8.78 Å². The van der Waals surface area contributed by atoms with Gasteiger partial charge >= 0.3 is 5.97 Å². The Morgan fingerprint density at radius 3 is 2.29 bits per heavy atom. The Morgan fingerprint density at radius 2 is 1.82 bits per heavy atom. The molecule has 0 atom stereocenters. The standard InChI is InChI=1S/C12H21F2NO2/c1-11(2,3)17-10(16)8-12(13,14)9-4-6-15-7-5-9/h9,15H,4-8H2,1-3H3. The van der Waals surface area contributed by atoms with Crippen molar-refractivity contribution in [2.45, 2.75) is 51.6 Å². The molecule has 1 saturated heterocycles. The molecule has 1 aliphatic rings. The van der Waals surface area contributed by atoms with Crippen molar-refractivity contribution in [3.05, 3.63) is 0 Å². The average Bonchev–Trinajstić information content (AvgIpc) is 2.15. The second kappa shape index (κ2) is 5.29. The van der Waals surface area contributed by atoms with Crippen molar-refractivity contribution in [3.63, 3.8) is 0 Å². The van der Waals surface area contributed by atoms with Gasteiger partial charge in [0.2, 0.25) is 0 Å². The minimum absolute atomic E-state index is 0.412. The Kier molecular flexibility index (Phi) is 4.47. The summed E-state index contributed by atoms with van der Waals surface area (Å²) < 4.78 is 32.5. The maximum Gasteiger partial charge on any atom is 0.312 e. The lowest BCUT2D eigenvalue weighted by molar-refractivity contribution is -0.167. The van der Waals surface area contributed by atoms with E-state index in [1.807, 2.05) is 0 Å². The molecule has 0 aromatic carbocycles. The van der Waals surface area contributed by atoms with Crippen LogP contribution in [-0.2, 0) is 9.53 Å². The molecule has 0 radical (unpaired) electrons. The van der Waals surface area contributed by atoms with E-state index in [0.717, 1.165) is 0 Å². The van der Waals surface area contributed by atoms with Crippen molar-refractivity contribution >= 4 is 5.97 Å². The number of halogens is 2. The highest BCUT2D eigenvalue weighted by Gasteiger charge is 2.42. The van der Waals surface area contributed by atoms with Crippen molar-refractivity contribution < 1.29 is 18.3 Å². The number of esters is 1. The number of ether oxygens (including phenoxy) is 1. The monoisotopic (exact) mass is 249 g/mol. The summed E-state index contributed by atoms with van der Waals surface area (Å²) in [5.74, 6) is -4.48. The first-order chi connectivity index (χ1) is 7.71. The van der Waals surface area contributed by atoms with E-state index >= 15 is 0 Å². The van der Waals surface area contributed by atoms with Crippen LogP contribution in [0.15, 0.2) is 0 Å². The smallest absolute Gasteiger partial charge is 0.312 e. The fraction of sp³-hybridized carbons (Fsp3) is 0.917. The second-order valence-electron chi connectivity index (χ2n) is 5.55. The lowest BCUT2D eigenvalue weighted by atomic mass is 9.89. The van der Waals surface area contributed by atoms with E-state index in [1.54, 1.807) is 20.8 Å². The summed E-state index contributed by atoms with van der Waals surface area (Å²) in [7, 11) is 0. The number of hydrogen-bond donors (Lipinski definition) is 1. The highest BCUT2D eigenvalue weighted by molar-refractivity contribution is 5.70. The van der Waals surface area contributed by atoms with Gasteiger partial charge in [0, 0.05) is 5.92 Å². The van der Waals surface area contributed by atoms with Gasteiger partial charge in [0.15, 0.2) is 0 Å². The van der Waals surface area contributed by atoms with Gasteiger partial charge in [0.05, 0.1) is 0 Å². The maximum atomic E-state index is 13.8. The molecule has 17 heavy (non-hydrogen) atoms. The van der Waals surface area contributed by atoms with Gasteiger partial charge in [-0.1, -0.05) is 0 Å². The molecule has 1 N–H and O–H groups in total. The SMILES string of the molecule is CC(C)(C)OC(=O)CC(F)(F)C1CCNCC1. The van der Waals surface area contributed by atoms with Crippen LogP contribution in [0.2, 0.25) is 0 Å². The minimum Gasteiger partial charge on any atom is -0.460 e. The predicted octanol–water partition coefficient (Wildman–Crippen LogP) is 2.35. The molecule has 0 aliphatic carbocycles. The largest absolute Gasteiger partial charge is 0.460 e. The third-order valence-electron chi connectivity index (χ3n) is 2.74. The third kappa shape index (κ3) is 4.98. The summed E-state index contributed by atoms with van der Waals surface area (Å²) in [4.78, 5) is 11.4. The molecule has 5 heteroatoms. The maximum absolute atomic E-state index is 13.8. The van der Waals surface area contributed by atoms with Crippen molar-refractivity contribution in [2.24, 2.45) is 5.92 Å². The average molecular weight is 249 g/mol. The summed E-state index contributed by atoms with van der Waals surface area (Å²) in [5, 5.41) is 3.03. The molecule has 3 nitrogen and oxygen atoms in total. The lowest BCUT2D eigenvalue weighted by Crippen LogP contribution is -2.40. The van der Waals surface area contributed by atoms with Crippen LogP contribution in [0, 0.1) is 5.92 Å². The molecule has 1 aliphatic heterocycles. The summed E-state index contributed by atoms with van der Waals surface area (Å²) in [6.07, 6.45) is 0.0144.